The van der Waals surface area contributed by atoms with E-state index in [4.69, 9.17) is 0 Å². The van der Waals surface area contributed by atoms with E-state index in [1.807, 2.05) is 30.3 Å². The molecule has 2 rings (SSSR count). The molecule has 23 heavy (non-hydrogen) atoms. The van der Waals surface area contributed by atoms with Crippen LogP contribution in [0.1, 0.15) is 15.9 Å². The quantitative estimate of drug-likeness (QED) is 0.865. The number of hydrogen-bond acceptors (Lipinski definition) is 3. The number of sulfonamides is 1. The summed E-state index contributed by atoms with van der Waals surface area (Å²) in [6, 6.07) is 14.4. The number of hydrogen-bond donors (Lipinski definition) is 0. The molecule has 0 spiro atoms. The Morgan fingerprint density at radius 2 is 1.61 bits per heavy atom. The van der Waals surface area contributed by atoms with E-state index in [1.54, 1.807) is 37.1 Å². The molecule has 0 atom stereocenters. The average Bonchev–Trinajstić information content (AvgIpc) is 2.52. The standard InChI is InChI=1S/C17H20N2O3S/c1-13-12-14(10-11-16(13)19(3)23(4,21)22)17(20)18(2)15-8-6-5-7-9-15/h5-12H,1-4H3. The Hall–Kier alpha value is -2.34. The lowest BCUT2D eigenvalue weighted by Crippen LogP contribution is -2.27. The SMILES string of the molecule is Cc1cc(C(=O)N(C)c2ccccc2)ccc1N(C)S(C)(=O)=O. The molecule has 0 saturated heterocycles. The molecular weight excluding hydrogens is 312 g/mol. The molecule has 0 aliphatic rings. The second kappa shape index (κ2) is 6.42. The van der Waals surface area contributed by atoms with Gasteiger partial charge in [-0.25, -0.2) is 8.42 Å². The summed E-state index contributed by atoms with van der Waals surface area (Å²) >= 11 is 0. The third-order valence-corrected chi connectivity index (χ3v) is 4.92. The van der Waals surface area contributed by atoms with Crippen molar-refractivity contribution in [3.05, 3.63) is 59.7 Å². The van der Waals surface area contributed by atoms with Crippen LogP contribution in [0.3, 0.4) is 0 Å². The van der Waals surface area contributed by atoms with Crippen LogP contribution in [0.2, 0.25) is 0 Å². The maximum Gasteiger partial charge on any atom is 0.258 e. The van der Waals surface area contributed by atoms with E-state index in [0.29, 0.717) is 11.3 Å². The van der Waals surface area contributed by atoms with E-state index < -0.39 is 10.0 Å². The highest BCUT2D eigenvalue weighted by atomic mass is 32.2. The number of anilines is 2. The molecule has 0 aliphatic heterocycles. The summed E-state index contributed by atoms with van der Waals surface area (Å²) in [5, 5.41) is 0. The van der Waals surface area contributed by atoms with Gasteiger partial charge < -0.3 is 4.90 Å². The van der Waals surface area contributed by atoms with Gasteiger partial charge in [-0.05, 0) is 42.8 Å². The first-order valence-electron chi connectivity index (χ1n) is 7.09. The Morgan fingerprint density at radius 3 is 2.13 bits per heavy atom. The number of carbonyl (C=O) groups excluding carboxylic acids is 1. The van der Waals surface area contributed by atoms with Crippen LogP contribution in [0.5, 0.6) is 0 Å². The minimum absolute atomic E-state index is 0.146. The molecule has 0 fully saturated rings. The summed E-state index contributed by atoms with van der Waals surface area (Å²) in [6.07, 6.45) is 1.15. The molecule has 122 valence electrons. The first kappa shape index (κ1) is 17.0. The van der Waals surface area contributed by atoms with E-state index >= 15 is 0 Å². The van der Waals surface area contributed by atoms with Crippen molar-refractivity contribution in [1.82, 2.24) is 0 Å². The van der Waals surface area contributed by atoms with Crippen LogP contribution in [0.25, 0.3) is 0 Å². The Labute approximate surface area is 137 Å². The van der Waals surface area contributed by atoms with Crippen molar-refractivity contribution >= 4 is 27.3 Å². The highest BCUT2D eigenvalue weighted by Crippen LogP contribution is 2.23. The van der Waals surface area contributed by atoms with Gasteiger partial charge in [0, 0.05) is 25.3 Å². The molecule has 5 nitrogen and oxygen atoms in total. The third-order valence-electron chi connectivity index (χ3n) is 3.73. The zero-order chi connectivity index (χ0) is 17.2. The fourth-order valence-corrected chi connectivity index (χ4v) is 2.85. The molecule has 0 N–H and O–H groups in total. The van der Waals surface area contributed by atoms with Crippen LogP contribution in [0.15, 0.2) is 48.5 Å². The van der Waals surface area contributed by atoms with Crippen molar-refractivity contribution in [2.24, 2.45) is 0 Å². The average molecular weight is 332 g/mol. The highest BCUT2D eigenvalue weighted by Gasteiger charge is 2.18. The molecule has 0 unspecified atom stereocenters. The van der Waals surface area contributed by atoms with Crippen molar-refractivity contribution < 1.29 is 13.2 Å². The first-order valence-corrected chi connectivity index (χ1v) is 8.94. The van der Waals surface area contributed by atoms with Gasteiger partial charge in [0.15, 0.2) is 0 Å². The van der Waals surface area contributed by atoms with Crippen molar-refractivity contribution in [3.8, 4) is 0 Å². The molecule has 0 heterocycles. The highest BCUT2D eigenvalue weighted by molar-refractivity contribution is 7.92. The molecule has 1 amide bonds. The van der Waals surface area contributed by atoms with E-state index in [2.05, 4.69) is 0 Å². The van der Waals surface area contributed by atoms with Gasteiger partial charge in [0.1, 0.15) is 0 Å². The minimum atomic E-state index is -3.33. The lowest BCUT2D eigenvalue weighted by atomic mass is 10.1. The first-order chi connectivity index (χ1) is 10.7. The molecule has 0 aromatic heterocycles. The van der Waals surface area contributed by atoms with Crippen molar-refractivity contribution in [2.45, 2.75) is 6.92 Å². The van der Waals surface area contributed by atoms with E-state index in [-0.39, 0.29) is 5.91 Å². The van der Waals surface area contributed by atoms with E-state index in [9.17, 15) is 13.2 Å². The number of aryl methyl sites for hydroxylation is 1. The van der Waals surface area contributed by atoms with Crippen LogP contribution in [-0.2, 0) is 10.0 Å². The molecular formula is C17H20N2O3S. The molecule has 0 bridgehead atoms. The fourth-order valence-electron chi connectivity index (χ4n) is 2.28. The van der Waals surface area contributed by atoms with E-state index in [1.165, 1.54) is 11.4 Å². The Balaban J connectivity index is 2.32. The second-order valence-electron chi connectivity index (χ2n) is 5.43. The van der Waals surface area contributed by atoms with Crippen LogP contribution in [-0.4, -0.2) is 34.7 Å². The van der Waals surface area contributed by atoms with Crippen LogP contribution < -0.4 is 9.21 Å². The molecule has 0 radical (unpaired) electrons. The predicted molar refractivity (Wildman–Crippen MR) is 93.6 cm³/mol. The van der Waals surface area contributed by atoms with Crippen LogP contribution in [0.4, 0.5) is 11.4 Å². The second-order valence-corrected chi connectivity index (χ2v) is 7.45. The molecule has 0 aliphatic carbocycles. The molecule has 2 aromatic rings. The Bertz CT molecular complexity index is 817. The maximum atomic E-state index is 12.6. The van der Waals surface area contributed by atoms with Gasteiger partial charge in [-0.3, -0.25) is 9.10 Å². The lowest BCUT2D eigenvalue weighted by Gasteiger charge is -2.21. The number of nitrogens with zero attached hydrogens (tertiary/aromatic N) is 2. The summed E-state index contributed by atoms with van der Waals surface area (Å²) in [5.74, 6) is -0.146. The zero-order valence-electron chi connectivity index (χ0n) is 13.6. The summed E-state index contributed by atoms with van der Waals surface area (Å²) in [7, 11) is -0.126. The van der Waals surface area contributed by atoms with Gasteiger partial charge in [0.25, 0.3) is 5.91 Å². The van der Waals surface area contributed by atoms with Gasteiger partial charge in [0.2, 0.25) is 10.0 Å². The molecule has 2 aromatic carbocycles. The van der Waals surface area contributed by atoms with Gasteiger partial charge in [0.05, 0.1) is 11.9 Å². The number of amides is 1. The maximum absolute atomic E-state index is 12.6. The monoisotopic (exact) mass is 332 g/mol. The van der Waals surface area contributed by atoms with Crippen molar-refractivity contribution in [2.75, 3.05) is 29.6 Å². The number of para-hydroxylation sites is 1. The van der Waals surface area contributed by atoms with Gasteiger partial charge >= 0.3 is 0 Å². The summed E-state index contributed by atoms with van der Waals surface area (Å²) in [4.78, 5) is 14.1. The normalized spacial score (nSPS) is 11.1. The Morgan fingerprint density at radius 1 is 1.00 bits per heavy atom. The van der Waals surface area contributed by atoms with Gasteiger partial charge in [-0.2, -0.15) is 0 Å². The number of rotatable bonds is 4. The van der Waals surface area contributed by atoms with Crippen molar-refractivity contribution in [1.29, 1.82) is 0 Å². The van der Waals surface area contributed by atoms with Gasteiger partial charge in [-0.1, -0.05) is 18.2 Å². The lowest BCUT2D eigenvalue weighted by molar-refractivity contribution is 0.0993. The molecule has 0 saturated carbocycles. The van der Waals surface area contributed by atoms with Crippen LogP contribution in [0, 0.1) is 6.92 Å². The number of carbonyl (C=O) groups is 1. The van der Waals surface area contributed by atoms with Gasteiger partial charge in [-0.15, -0.1) is 0 Å². The van der Waals surface area contributed by atoms with Crippen LogP contribution >= 0.6 is 0 Å². The largest absolute Gasteiger partial charge is 0.311 e. The molecule has 6 heteroatoms. The predicted octanol–water partition coefficient (Wildman–Crippen LogP) is 2.67. The summed E-state index contributed by atoms with van der Waals surface area (Å²) < 4.78 is 24.5. The number of benzene rings is 2. The smallest absolute Gasteiger partial charge is 0.258 e. The fraction of sp³-hybridized carbons (Fsp3) is 0.235. The summed E-state index contributed by atoms with van der Waals surface area (Å²) in [6.45, 7) is 1.79. The summed E-state index contributed by atoms with van der Waals surface area (Å²) in [5.41, 5.74) is 2.60. The Kier molecular flexibility index (Phi) is 4.75. The van der Waals surface area contributed by atoms with Crippen molar-refractivity contribution in [3.63, 3.8) is 0 Å². The van der Waals surface area contributed by atoms with E-state index in [0.717, 1.165) is 17.5 Å². The third kappa shape index (κ3) is 3.71. The zero-order valence-corrected chi connectivity index (χ0v) is 14.5. The minimum Gasteiger partial charge on any atom is -0.311 e. The topological polar surface area (TPSA) is 57.7 Å².